The van der Waals surface area contributed by atoms with Gasteiger partial charge < -0.3 is 14.8 Å². The molecule has 1 aromatic carbocycles. The third kappa shape index (κ3) is 4.31. The van der Waals surface area contributed by atoms with Gasteiger partial charge in [-0.25, -0.2) is 0 Å². The molecule has 2 amide bonds. The molecule has 2 aromatic heterocycles. The molecule has 1 saturated carbocycles. The summed E-state index contributed by atoms with van der Waals surface area (Å²) in [6.45, 7) is 5.20. The van der Waals surface area contributed by atoms with Gasteiger partial charge in [0.05, 0.1) is 6.54 Å². The van der Waals surface area contributed by atoms with Gasteiger partial charge in [0.25, 0.3) is 5.91 Å². The van der Waals surface area contributed by atoms with E-state index in [4.69, 9.17) is 0 Å². The van der Waals surface area contributed by atoms with E-state index in [-0.39, 0.29) is 17.9 Å². The summed E-state index contributed by atoms with van der Waals surface area (Å²) in [7, 11) is 0. The Labute approximate surface area is 205 Å². The van der Waals surface area contributed by atoms with E-state index in [2.05, 4.69) is 35.8 Å². The summed E-state index contributed by atoms with van der Waals surface area (Å²) in [4.78, 5) is 30.7. The molecule has 5 nitrogen and oxygen atoms in total. The van der Waals surface area contributed by atoms with E-state index in [1.807, 2.05) is 52.8 Å². The number of amides is 2. The molecule has 1 aliphatic heterocycles. The van der Waals surface area contributed by atoms with Crippen LogP contribution in [0, 0.1) is 5.92 Å². The Kier molecular flexibility index (Phi) is 6.34. The van der Waals surface area contributed by atoms with Crippen LogP contribution >= 0.6 is 11.3 Å². The topological polar surface area (TPSA) is 54.3 Å². The molecule has 1 fully saturated rings. The van der Waals surface area contributed by atoms with Crippen molar-refractivity contribution in [2.45, 2.75) is 64.1 Å². The second-order valence-electron chi connectivity index (χ2n) is 10.0. The number of thiophene rings is 1. The minimum atomic E-state index is -0.951. The molecule has 0 unspecified atom stereocenters. The van der Waals surface area contributed by atoms with Crippen LogP contribution in [0.25, 0.3) is 11.3 Å². The highest BCUT2D eigenvalue weighted by Gasteiger charge is 2.48. The molecule has 3 aromatic rings. The largest absolute Gasteiger partial charge is 0.351 e. The number of fused-ring (bicyclic) bond motifs is 1. The SMILES string of the molecule is CC1CCC(NC(=O)[C@@]2(C)Cn3c(ccc3-c3ccccc3)C(=O)N2CCc2cccs2)CC1. The molecular weight excluding hydrogens is 442 g/mol. The number of nitrogens with zero attached hydrogens (tertiary/aromatic N) is 2. The number of benzene rings is 1. The van der Waals surface area contributed by atoms with Crippen molar-refractivity contribution in [1.82, 2.24) is 14.8 Å². The summed E-state index contributed by atoms with van der Waals surface area (Å²) < 4.78 is 2.04. The number of nitrogens with one attached hydrogen (secondary N) is 1. The van der Waals surface area contributed by atoms with E-state index in [1.165, 1.54) is 4.88 Å². The van der Waals surface area contributed by atoms with Gasteiger partial charge >= 0.3 is 0 Å². The summed E-state index contributed by atoms with van der Waals surface area (Å²) in [5.74, 6) is 0.614. The van der Waals surface area contributed by atoms with Crippen LogP contribution < -0.4 is 5.32 Å². The Hall–Kier alpha value is -2.86. The summed E-state index contributed by atoms with van der Waals surface area (Å²) in [5, 5.41) is 5.39. The van der Waals surface area contributed by atoms with Crippen molar-refractivity contribution in [1.29, 1.82) is 0 Å². The van der Waals surface area contributed by atoms with Gasteiger partial charge in [-0.05, 0) is 74.1 Å². The van der Waals surface area contributed by atoms with Crippen LogP contribution in [0.2, 0.25) is 0 Å². The molecule has 1 aliphatic carbocycles. The molecule has 0 radical (unpaired) electrons. The summed E-state index contributed by atoms with van der Waals surface area (Å²) >= 11 is 1.69. The van der Waals surface area contributed by atoms with E-state index in [0.29, 0.717) is 18.8 Å². The van der Waals surface area contributed by atoms with Crippen molar-refractivity contribution >= 4 is 23.2 Å². The highest BCUT2D eigenvalue weighted by Crippen LogP contribution is 2.34. The third-order valence-corrected chi connectivity index (χ3v) is 8.51. The van der Waals surface area contributed by atoms with Crippen molar-refractivity contribution in [2.75, 3.05) is 6.54 Å². The summed E-state index contributed by atoms with van der Waals surface area (Å²) in [5.41, 5.74) is 1.74. The molecule has 5 rings (SSSR count). The van der Waals surface area contributed by atoms with Crippen LogP contribution in [0.3, 0.4) is 0 Å². The quantitative estimate of drug-likeness (QED) is 0.521. The van der Waals surface area contributed by atoms with Gasteiger partial charge in [-0.15, -0.1) is 11.3 Å². The van der Waals surface area contributed by atoms with Gasteiger partial charge in [0.15, 0.2) is 0 Å². The smallest absolute Gasteiger partial charge is 0.271 e. The van der Waals surface area contributed by atoms with E-state index in [1.54, 1.807) is 11.3 Å². The van der Waals surface area contributed by atoms with Crippen molar-refractivity contribution in [3.05, 3.63) is 70.5 Å². The molecule has 34 heavy (non-hydrogen) atoms. The number of aromatic nitrogens is 1. The van der Waals surface area contributed by atoms with Gasteiger partial charge in [0, 0.05) is 23.2 Å². The predicted molar refractivity (Wildman–Crippen MR) is 137 cm³/mol. The van der Waals surface area contributed by atoms with E-state index in [0.717, 1.165) is 49.3 Å². The number of carbonyl (C=O) groups is 2. The molecule has 3 heterocycles. The van der Waals surface area contributed by atoms with Gasteiger partial charge in [0.1, 0.15) is 11.2 Å². The third-order valence-electron chi connectivity index (χ3n) is 7.58. The first-order valence-corrected chi connectivity index (χ1v) is 13.2. The van der Waals surface area contributed by atoms with Crippen LogP contribution in [0.15, 0.2) is 60.0 Å². The fourth-order valence-corrected chi connectivity index (χ4v) is 6.10. The first-order valence-electron chi connectivity index (χ1n) is 12.4. The van der Waals surface area contributed by atoms with Crippen LogP contribution in [0.4, 0.5) is 0 Å². The monoisotopic (exact) mass is 475 g/mol. The molecular formula is C28H33N3O2S. The first kappa shape index (κ1) is 22.9. The molecule has 0 saturated heterocycles. The summed E-state index contributed by atoms with van der Waals surface area (Å²) in [6, 6.07) is 18.3. The molecule has 1 N–H and O–H groups in total. The molecule has 0 bridgehead atoms. The van der Waals surface area contributed by atoms with Crippen molar-refractivity contribution < 1.29 is 9.59 Å². The highest BCUT2D eigenvalue weighted by molar-refractivity contribution is 7.09. The standard InChI is InChI=1S/C28H33N3O2S/c1-20-10-12-22(13-11-20)29-27(33)28(2)19-30-24(21-7-4-3-5-8-21)14-15-25(30)26(32)31(28)17-16-23-9-6-18-34-23/h3-9,14-15,18,20,22H,10-13,16-17,19H2,1-2H3,(H,29,33)/t20?,22?,28-/m1/s1. The Balaban J connectivity index is 1.47. The molecule has 2 aliphatic rings. The van der Waals surface area contributed by atoms with Crippen molar-refractivity contribution in [3.63, 3.8) is 0 Å². The lowest BCUT2D eigenvalue weighted by atomic mass is 9.86. The van der Waals surface area contributed by atoms with Crippen molar-refractivity contribution in [3.8, 4) is 11.3 Å². The Morgan fingerprint density at radius 2 is 1.76 bits per heavy atom. The number of carbonyl (C=O) groups excluding carboxylic acids is 2. The predicted octanol–water partition coefficient (Wildman–Crippen LogP) is 5.37. The Morgan fingerprint density at radius 3 is 2.47 bits per heavy atom. The Morgan fingerprint density at radius 1 is 1.03 bits per heavy atom. The zero-order valence-corrected chi connectivity index (χ0v) is 20.8. The van der Waals surface area contributed by atoms with Crippen molar-refractivity contribution in [2.24, 2.45) is 5.92 Å². The maximum atomic E-state index is 13.9. The normalized spacial score (nSPS) is 24.6. The average molecular weight is 476 g/mol. The zero-order chi connectivity index (χ0) is 23.7. The Bertz CT molecular complexity index is 1150. The fraction of sp³-hybridized carbons (Fsp3) is 0.429. The number of hydrogen-bond donors (Lipinski definition) is 1. The second kappa shape index (κ2) is 9.41. The van der Waals surface area contributed by atoms with Gasteiger partial charge in [-0.3, -0.25) is 9.59 Å². The molecule has 6 heteroatoms. The van der Waals surface area contributed by atoms with E-state index >= 15 is 0 Å². The minimum absolute atomic E-state index is 0.0371. The summed E-state index contributed by atoms with van der Waals surface area (Å²) in [6.07, 6.45) is 5.05. The van der Waals surface area contributed by atoms with Gasteiger partial charge in [-0.1, -0.05) is 43.3 Å². The van der Waals surface area contributed by atoms with Gasteiger partial charge in [-0.2, -0.15) is 0 Å². The minimum Gasteiger partial charge on any atom is -0.351 e. The number of rotatable bonds is 6. The molecule has 178 valence electrons. The lowest BCUT2D eigenvalue weighted by molar-refractivity contribution is -0.133. The fourth-order valence-electron chi connectivity index (χ4n) is 5.41. The highest BCUT2D eigenvalue weighted by atomic mass is 32.1. The van der Waals surface area contributed by atoms with E-state index in [9.17, 15) is 9.59 Å². The first-order chi connectivity index (χ1) is 16.5. The van der Waals surface area contributed by atoms with Crippen LogP contribution in [0.5, 0.6) is 0 Å². The zero-order valence-electron chi connectivity index (χ0n) is 20.0. The second-order valence-corrected chi connectivity index (χ2v) is 11.1. The lowest BCUT2D eigenvalue weighted by Crippen LogP contribution is -2.65. The maximum absolute atomic E-state index is 13.9. The number of hydrogen-bond acceptors (Lipinski definition) is 3. The van der Waals surface area contributed by atoms with E-state index < -0.39 is 5.54 Å². The molecule has 1 atom stereocenters. The maximum Gasteiger partial charge on any atom is 0.271 e. The van der Waals surface area contributed by atoms with Crippen LogP contribution in [-0.2, 0) is 17.8 Å². The van der Waals surface area contributed by atoms with Crippen LogP contribution in [0.1, 0.15) is 54.9 Å². The molecule has 0 spiro atoms. The average Bonchev–Trinajstić information content (AvgIpc) is 3.51. The lowest BCUT2D eigenvalue weighted by Gasteiger charge is -2.45. The van der Waals surface area contributed by atoms with Crippen LogP contribution in [-0.4, -0.2) is 39.4 Å². The van der Waals surface area contributed by atoms with Gasteiger partial charge in [0.2, 0.25) is 5.91 Å².